The molecule has 2 N–H and O–H groups in total. The van der Waals surface area contributed by atoms with Crippen LogP contribution in [0.1, 0.15) is 28.7 Å². The molecular formula is C20H21N3O3. The lowest BCUT2D eigenvalue weighted by Gasteiger charge is -2.15. The first-order valence-corrected chi connectivity index (χ1v) is 8.43. The third kappa shape index (κ3) is 4.42. The van der Waals surface area contributed by atoms with Gasteiger partial charge in [0.2, 0.25) is 5.91 Å². The fourth-order valence-corrected chi connectivity index (χ4v) is 2.61. The second-order valence-corrected chi connectivity index (χ2v) is 6.00. The molecule has 6 heteroatoms. The topological polar surface area (TPSA) is 76.3 Å². The van der Waals surface area contributed by atoms with E-state index in [1.807, 2.05) is 47.2 Å². The predicted octanol–water partition coefficient (Wildman–Crippen LogP) is 2.56. The number of hydrogen-bond donors (Lipinski definition) is 2. The molecule has 134 valence electrons. The van der Waals surface area contributed by atoms with Crippen molar-refractivity contribution in [1.29, 1.82) is 0 Å². The first-order chi connectivity index (χ1) is 12.6. The lowest BCUT2D eigenvalue weighted by atomic mass is 10.2. The average molecular weight is 351 g/mol. The number of hydrogen-bond acceptors (Lipinski definition) is 3. The molecule has 1 unspecified atom stereocenters. The Hall–Kier alpha value is -3.28. The number of furan rings is 1. The summed E-state index contributed by atoms with van der Waals surface area (Å²) >= 11 is 0. The molecule has 3 rings (SSSR count). The Morgan fingerprint density at radius 1 is 1.08 bits per heavy atom. The largest absolute Gasteiger partial charge is 0.467 e. The molecule has 1 atom stereocenters. The number of nitrogens with zero attached hydrogens (tertiary/aromatic N) is 1. The maximum atomic E-state index is 12.5. The summed E-state index contributed by atoms with van der Waals surface area (Å²) in [5.41, 5.74) is 1.61. The lowest BCUT2D eigenvalue weighted by molar-refractivity contribution is -0.122. The molecule has 2 heterocycles. The Balaban J connectivity index is 1.57. The van der Waals surface area contributed by atoms with Crippen molar-refractivity contribution in [1.82, 2.24) is 15.2 Å². The molecule has 0 saturated heterocycles. The van der Waals surface area contributed by atoms with Crippen LogP contribution < -0.4 is 10.6 Å². The summed E-state index contributed by atoms with van der Waals surface area (Å²) in [6.45, 7) is 2.53. The number of rotatable bonds is 7. The van der Waals surface area contributed by atoms with Gasteiger partial charge in [-0.2, -0.15) is 0 Å². The molecule has 0 saturated carbocycles. The number of aromatic nitrogens is 1. The highest BCUT2D eigenvalue weighted by Gasteiger charge is 2.18. The third-order valence-corrected chi connectivity index (χ3v) is 4.02. The Bertz CT molecular complexity index is 854. The zero-order valence-electron chi connectivity index (χ0n) is 14.5. The second kappa shape index (κ2) is 8.20. The molecule has 0 spiro atoms. The minimum atomic E-state index is -0.655. The van der Waals surface area contributed by atoms with Crippen LogP contribution in [0.2, 0.25) is 0 Å². The monoisotopic (exact) mass is 351 g/mol. The van der Waals surface area contributed by atoms with Crippen LogP contribution in [0.3, 0.4) is 0 Å². The van der Waals surface area contributed by atoms with E-state index >= 15 is 0 Å². The van der Waals surface area contributed by atoms with Crippen LogP contribution in [0.5, 0.6) is 0 Å². The predicted molar refractivity (Wildman–Crippen MR) is 97.5 cm³/mol. The normalized spacial score (nSPS) is 11.7. The molecule has 0 fully saturated rings. The molecule has 1 aromatic carbocycles. The molecule has 0 aliphatic heterocycles. The molecule has 3 aromatic rings. The Labute approximate surface area is 151 Å². The summed E-state index contributed by atoms with van der Waals surface area (Å²) in [7, 11) is 0. The SMILES string of the molecule is CC(NC(=O)c1cccn1Cc1ccccc1)C(=O)NCc1ccco1. The van der Waals surface area contributed by atoms with Gasteiger partial charge >= 0.3 is 0 Å². The van der Waals surface area contributed by atoms with E-state index < -0.39 is 6.04 Å². The van der Waals surface area contributed by atoms with Crippen LogP contribution >= 0.6 is 0 Å². The van der Waals surface area contributed by atoms with Gasteiger partial charge < -0.3 is 19.6 Å². The van der Waals surface area contributed by atoms with Crippen molar-refractivity contribution in [2.75, 3.05) is 0 Å². The molecule has 2 aromatic heterocycles. The van der Waals surface area contributed by atoms with E-state index in [9.17, 15) is 9.59 Å². The van der Waals surface area contributed by atoms with E-state index in [2.05, 4.69) is 10.6 Å². The molecule has 2 amide bonds. The van der Waals surface area contributed by atoms with Crippen LogP contribution in [-0.4, -0.2) is 22.4 Å². The number of nitrogens with one attached hydrogen (secondary N) is 2. The van der Waals surface area contributed by atoms with Crippen LogP contribution in [0.4, 0.5) is 0 Å². The Morgan fingerprint density at radius 2 is 1.88 bits per heavy atom. The minimum absolute atomic E-state index is 0.268. The van der Waals surface area contributed by atoms with Crippen molar-refractivity contribution in [3.05, 3.63) is 84.1 Å². The van der Waals surface area contributed by atoms with Gasteiger partial charge in [0, 0.05) is 12.7 Å². The zero-order chi connectivity index (χ0) is 18.4. The smallest absolute Gasteiger partial charge is 0.268 e. The fraction of sp³-hybridized carbons (Fsp3) is 0.200. The van der Waals surface area contributed by atoms with Crippen molar-refractivity contribution < 1.29 is 14.0 Å². The van der Waals surface area contributed by atoms with Gasteiger partial charge in [-0.25, -0.2) is 0 Å². The van der Waals surface area contributed by atoms with Crippen LogP contribution in [0, 0.1) is 0 Å². The van der Waals surface area contributed by atoms with E-state index in [0.29, 0.717) is 18.0 Å². The van der Waals surface area contributed by atoms with Gasteiger partial charge in [-0.05, 0) is 36.8 Å². The second-order valence-electron chi connectivity index (χ2n) is 6.00. The molecule has 0 aliphatic rings. The summed E-state index contributed by atoms with van der Waals surface area (Å²) in [5, 5.41) is 5.47. The highest BCUT2D eigenvalue weighted by atomic mass is 16.3. The van der Waals surface area contributed by atoms with Crippen LogP contribution in [0.25, 0.3) is 0 Å². The van der Waals surface area contributed by atoms with Gasteiger partial charge in [0.25, 0.3) is 5.91 Å². The molecule has 26 heavy (non-hydrogen) atoms. The van der Waals surface area contributed by atoms with Gasteiger partial charge in [0.15, 0.2) is 0 Å². The summed E-state index contributed by atoms with van der Waals surface area (Å²) in [5.74, 6) is 0.108. The molecule has 6 nitrogen and oxygen atoms in total. The highest BCUT2D eigenvalue weighted by Crippen LogP contribution is 2.08. The maximum Gasteiger partial charge on any atom is 0.268 e. The molecule has 0 bridgehead atoms. The van der Waals surface area contributed by atoms with Crippen molar-refractivity contribution in [2.45, 2.75) is 26.1 Å². The fourth-order valence-electron chi connectivity index (χ4n) is 2.61. The molecule has 0 aliphatic carbocycles. The van der Waals surface area contributed by atoms with E-state index in [1.54, 1.807) is 31.4 Å². The Morgan fingerprint density at radius 3 is 2.62 bits per heavy atom. The minimum Gasteiger partial charge on any atom is -0.467 e. The van der Waals surface area contributed by atoms with Crippen molar-refractivity contribution in [3.8, 4) is 0 Å². The molecule has 0 radical (unpaired) electrons. The van der Waals surface area contributed by atoms with Crippen molar-refractivity contribution >= 4 is 11.8 Å². The maximum absolute atomic E-state index is 12.5. The quantitative estimate of drug-likeness (QED) is 0.687. The first kappa shape index (κ1) is 17.5. The Kier molecular flexibility index (Phi) is 5.53. The van der Waals surface area contributed by atoms with Crippen LogP contribution in [-0.2, 0) is 17.9 Å². The summed E-state index contributed by atoms with van der Waals surface area (Å²) in [6, 6.07) is 16.3. The zero-order valence-corrected chi connectivity index (χ0v) is 14.5. The van der Waals surface area contributed by atoms with Crippen LogP contribution in [0.15, 0.2) is 71.5 Å². The van der Waals surface area contributed by atoms with Gasteiger partial charge in [-0.15, -0.1) is 0 Å². The van der Waals surface area contributed by atoms with E-state index in [1.165, 1.54) is 0 Å². The summed E-state index contributed by atoms with van der Waals surface area (Å²) in [6.07, 6.45) is 3.40. The third-order valence-electron chi connectivity index (χ3n) is 4.02. The lowest BCUT2D eigenvalue weighted by Crippen LogP contribution is -2.45. The van der Waals surface area contributed by atoms with E-state index in [4.69, 9.17) is 4.42 Å². The van der Waals surface area contributed by atoms with Gasteiger partial charge in [0.05, 0.1) is 12.8 Å². The average Bonchev–Trinajstić information content (AvgIpc) is 3.32. The summed E-state index contributed by atoms with van der Waals surface area (Å²) in [4.78, 5) is 24.7. The summed E-state index contributed by atoms with van der Waals surface area (Å²) < 4.78 is 7.03. The first-order valence-electron chi connectivity index (χ1n) is 8.43. The standard InChI is InChI=1S/C20H21N3O3/c1-15(19(24)21-13-17-9-6-12-26-17)22-20(25)18-10-5-11-23(18)14-16-7-3-2-4-8-16/h2-12,15H,13-14H2,1H3,(H,21,24)(H,22,25). The number of benzene rings is 1. The number of amides is 2. The molecular weight excluding hydrogens is 330 g/mol. The number of carbonyl (C=O) groups is 2. The number of carbonyl (C=O) groups excluding carboxylic acids is 2. The van der Waals surface area contributed by atoms with Crippen molar-refractivity contribution in [3.63, 3.8) is 0 Å². The van der Waals surface area contributed by atoms with E-state index in [-0.39, 0.29) is 18.4 Å². The van der Waals surface area contributed by atoms with E-state index in [0.717, 1.165) is 5.56 Å². The van der Waals surface area contributed by atoms with Gasteiger partial charge in [0.1, 0.15) is 17.5 Å². The van der Waals surface area contributed by atoms with Gasteiger partial charge in [-0.3, -0.25) is 9.59 Å². The van der Waals surface area contributed by atoms with Crippen molar-refractivity contribution in [2.24, 2.45) is 0 Å². The highest BCUT2D eigenvalue weighted by molar-refractivity contribution is 5.96. The van der Waals surface area contributed by atoms with Gasteiger partial charge in [-0.1, -0.05) is 30.3 Å².